The zero-order chi connectivity index (χ0) is 23.2. The van der Waals surface area contributed by atoms with Crippen molar-refractivity contribution in [2.45, 2.75) is 26.4 Å². The van der Waals surface area contributed by atoms with Gasteiger partial charge < -0.3 is 29.7 Å². The van der Waals surface area contributed by atoms with E-state index in [0.717, 1.165) is 41.6 Å². The van der Waals surface area contributed by atoms with E-state index in [0.29, 0.717) is 32.9 Å². The second-order valence-corrected chi connectivity index (χ2v) is 7.84. The SMILES string of the molecule is CN=C(NCc1ccc(C)cc1OCCCOC)NCc1ccccc1OCCN(C)C.I. The molecule has 0 atom stereocenters. The molecule has 7 nitrogen and oxygen atoms in total. The number of methoxy groups -OCH3 is 1. The van der Waals surface area contributed by atoms with Gasteiger partial charge in [0.05, 0.1) is 6.61 Å². The Morgan fingerprint density at radius 2 is 1.58 bits per heavy atom. The summed E-state index contributed by atoms with van der Waals surface area (Å²) in [6.07, 6.45) is 0.858. The molecule has 0 fully saturated rings. The maximum Gasteiger partial charge on any atom is 0.191 e. The lowest BCUT2D eigenvalue weighted by Crippen LogP contribution is -2.36. The summed E-state index contributed by atoms with van der Waals surface area (Å²) in [5, 5.41) is 6.76. The van der Waals surface area contributed by atoms with Crippen LogP contribution in [0.2, 0.25) is 0 Å². The number of ether oxygens (including phenoxy) is 3. The number of nitrogens with one attached hydrogen (secondary N) is 2. The van der Waals surface area contributed by atoms with Crippen LogP contribution in [0.25, 0.3) is 0 Å². The molecule has 0 aliphatic carbocycles. The van der Waals surface area contributed by atoms with Gasteiger partial charge in [-0.15, -0.1) is 24.0 Å². The number of halogens is 1. The Morgan fingerprint density at radius 3 is 2.24 bits per heavy atom. The van der Waals surface area contributed by atoms with Gasteiger partial charge in [-0.2, -0.15) is 0 Å². The number of rotatable bonds is 13. The van der Waals surface area contributed by atoms with E-state index in [1.54, 1.807) is 14.2 Å². The third-order valence-corrected chi connectivity index (χ3v) is 4.86. The first kappa shape index (κ1) is 29.0. The van der Waals surface area contributed by atoms with Crippen molar-refractivity contribution in [3.05, 3.63) is 59.2 Å². The molecular formula is C25H39IN4O3. The maximum atomic E-state index is 5.99. The lowest BCUT2D eigenvalue weighted by Gasteiger charge is -2.17. The van der Waals surface area contributed by atoms with Crippen LogP contribution in [0.15, 0.2) is 47.5 Å². The van der Waals surface area contributed by atoms with Gasteiger partial charge in [0.2, 0.25) is 0 Å². The van der Waals surface area contributed by atoms with E-state index in [-0.39, 0.29) is 24.0 Å². The smallest absolute Gasteiger partial charge is 0.191 e. The molecule has 0 spiro atoms. The molecule has 2 aromatic carbocycles. The van der Waals surface area contributed by atoms with Crippen molar-refractivity contribution >= 4 is 29.9 Å². The Hall–Kier alpha value is -2.04. The molecule has 33 heavy (non-hydrogen) atoms. The number of aliphatic imine (C=N–C) groups is 1. The Bertz CT molecular complexity index is 846. The number of likely N-dealkylation sites (N-methyl/N-ethyl adjacent to an activating group) is 1. The molecule has 0 amide bonds. The van der Waals surface area contributed by atoms with Crippen LogP contribution in [0.3, 0.4) is 0 Å². The van der Waals surface area contributed by atoms with Gasteiger partial charge in [-0.3, -0.25) is 4.99 Å². The highest BCUT2D eigenvalue weighted by Crippen LogP contribution is 2.21. The van der Waals surface area contributed by atoms with Crippen molar-refractivity contribution < 1.29 is 14.2 Å². The highest BCUT2D eigenvalue weighted by Gasteiger charge is 2.08. The summed E-state index contributed by atoms with van der Waals surface area (Å²) >= 11 is 0. The lowest BCUT2D eigenvalue weighted by atomic mass is 10.1. The average Bonchev–Trinajstić information content (AvgIpc) is 2.78. The fourth-order valence-electron chi connectivity index (χ4n) is 3.03. The molecule has 0 heterocycles. The second-order valence-electron chi connectivity index (χ2n) is 7.84. The molecule has 0 saturated carbocycles. The molecule has 0 aliphatic rings. The number of guanidine groups is 1. The normalized spacial score (nSPS) is 11.2. The summed E-state index contributed by atoms with van der Waals surface area (Å²) in [7, 11) is 7.55. The van der Waals surface area contributed by atoms with Gasteiger partial charge in [0, 0.05) is 57.9 Å². The van der Waals surface area contributed by atoms with Crippen molar-refractivity contribution in [1.29, 1.82) is 0 Å². The van der Waals surface area contributed by atoms with Gasteiger partial charge >= 0.3 is 0 Å². The van der Waals surface area contributed by atoms with Crippen molar-refractivity contribution in [2.75, 3.05) is 54.6 Å². The van der Waals surface area contributed by atoms with Gasteiger partial charge in [0.1, 0.15) is 18.1 Å². The Morgan fingerprint density at radius 1 is 0.909 bits per heavy atom. The van der Waals surface area contributed by atoms with Gasteiger partial charge in [-0.1, -0.05) is 30.3 Å². The molecule has 2 rings (SSSR count). The quantitative estimate of drug-likeness (QED) is 0.165. The Labute approximate surface area is 215 Å². The predicted octanol–water partition coefficient (Wildman–Crippen LogP) is 3.83. The molecule has 2 aromatic rings. The van der Waals surface area contributed by atoms with Crippen LogP contribution in [0.5, 0.6) is 11.5 Å². The van der Waals surface area contributed by atoms with Crippen LogP contribution in [-0.4, -0.2) is 65.5 Å². The molecule has 0 saturated heterocycles. The van der Waals surface area contributed by atoms with Crippen LogP contribution in [-0.2, 0) is 17.8 Å². The summed E-state index contributed by atoms with van der Waals surface area (Å²) in [5.41, 5.74) is 3.35. The third-order valence-electron chi connectivity index (χ3n) is 4.86. The fraction of sp³-hybridized carbons (Fsp3) is 0.480. The van der Waals surface area contributed by atoms with Gasteiger partial charge in [0.25, 0.3) is 0 Å². The minimum absolute atomic E-state index is 0. The second kappa shape index (κ2) is 16.6. The summed E-state index contributed by atoms with van der Waals surface area (Å²) in [5.74, 6) is 2.50. The standard InChI is InChI=1S/C25H38N4O3.HI/c1-20-11-12-22(24(17-20)31-15-8-14-30-5)19-28-25(26-2)27-18-21-9-6-7-10-23(21)32-16-13-29(3)4;/h6-7,9-12,17H,8,13-16,18-19H2,1-5H3,(H2,26,27,28);1H. The molecule has 184 valence electrons. The van der Waals surface area contributed by atoms with Crippen molar-refractivity contribution in [3.8, 4) is 11.5 Å². The third kappa shape index (κ3) is 11.1. The van der Waals surface area contributed by atoms with Crippen LogP contribution in [0, 0.1) is 6.92 Å². The first-order valence-electron chi connectivity index (χ1n) is 11.0. The molecule has 0 unspecified atom stereocenters. The first-order valence-corrected chi connectivity index (χ1v) is 11.0. The minimum Gasteiger partial charge on any atom is -0.493 e. The van der Waals surface area contributed by atoms with E-state index in [9.17, 15) is 0 Å². The van der Waals surface area contributed by atoms with Crippen molar-refractivity contribution in [1.82, 2.24) is 15.5 Å². The van der Waals surface area contributed by atoms with E-state index in [1.165, 1.54) is 5.56 Å². The molecule has 0 radical (unpaired) electrons. The van der Waals surface area contributed by atoms with Gasteiger partial charge in [-0.05, 0) is 38.7 Å². The topological polar surface area (TPSA) is 67.4 Å². The van der Waals surface area contributed by atoms with Crippen molar-refractivity contribution in [2.24, 2.45) is 4.99 Å². The molecule has 0 bridgehead atoms. The number of aryl methyl sites for hydroxylation is 1. The fourth-order valence-corrected chi connectivity index (χ4v) is 3.03. The van der Waals surface area contributed by atoms with E-state index in [4.69, 9.17) is 14.2 Å². The summed E-state index contributed by atoms with van der Waals surface area (Å²) in [6.45, 7) is 6.14. The molecular weight excluding hydrogens is 531 g/mol. The Balaban J connectivity index is 0.00000544. The number of benzene rings is 2. The highest BCUT2D eigenvalue weighted by atomic mass is 127. The first-order chi connectivity index (χ1) is 15.5. The molecule has 2 N–H and O–H groups in total. The maximum absolute atomic E-state index is 5.99. The number of hydrogen-bond donors (Lipinski definition) is 2. The van der Waals surface area contributed by atoms with E-state index in [1.807, 2.05) is 32.3 Å². The van der Waals surface area contributed by atoms with E-state index < -0.39 is 0 Å². The number of nitrogens with zero attached hydrogens (tertiary/aromatic N) is 2. The van der Waals surface area contributed by atoms with Gasteiger partial charge in [0.15, 0.2) is 5.96 Å². The summed E-state index contributed by atoms with van der Waals surface area (Å²) in [4.78, 5) is 6.46. The number of hydrogen-bond acceptors (Lipinski definition) is 5. The zero-order valence-electron chi connectivity index (χ0n) is 20.5. The van der Waals surface area contributed by atoms with Crippen molar-refractivity contribution in [3.63, 3.8) is 0 Å². The zero-order valence-corrected chi connectivity index (χ0v) is 22.8. The summed E-state index contributed by atoms with van der Waals surface area (Å²) < 4.78 is 17.0. The Kier molecular flexibility index (Phi) is 14.5. The highest BCUT2D eigenvalue weighted by molar-refractivity contribution is 14.0. The van der Waals surface area contributed by atoms with Gasteiger partial charge in [-0.25, -0.2) is 0 Å². The van der Waals surface area contributed by atoms with Crippen LogP contribution in [0.1, 0.15) is 23.1 Å². The molecule has 0 aromatic heterocycles. The monoisotopic (exact) mass is 570 g/mol. The lowest BCUT2D eigenvalue weighted by molar-refractivity contribution is 0.171. The number of para-hydroxylation sites is 1. The van der Waals surface area contributed by atoms with E-state index in [2.05, 4.69) is 51.7 Å². The van der Waals surface area contributed by atoms with E-state index >= 15 is 0 Å². The largest absolute Gasteiger partial charge is 0.493 e. The minimum atomic E-state index is 0. The van der Waals surface area contributed by atoms with Crippen LogP contribution < -0.4 is 20.1 Å². The predicted molar refractivity (Wildman–Crippen MR) is 146 cm³/mol. The molecule has 0 aliphatic heterocycles. The summed E-state index contributed by atoms with van der Waals surface area (Å²) in [6, 6.07) is 14.3. The molecule has 8 heteroatoms. The average molecular weight is 571 g/mol. The van der Waals surface area contributed by atoms with Crippen LogP contribution in [0.4, 0.5) is 0 Å². The van der Waals surface area contributed by atoms with Crippen LogP contribution >= 0.6 is 24.0 Å².